The molecule has 0 atom stereocenters. The van der Waals surface area contributed by atoms with Crippen LogP contribution in [0.2, 0.25) is 0 Å². The van der Waals surface area contributed by atoms with Crippen molar-refractivity contribution in [3.63, 3.8) is 0 Å². The van der Waals surface area contributed by atoms with E-state index in [1.807, 2.05) is 0 Å². The van der Waals surface area contributed by atoms with Crippen LogP contribution in [0.4, 0.5) is 13.2 Å². The molecule has 1 amide bonds. The van der Waals surface area contributed by atoms with Gasteiger partial charge in [-0.1, -0.05) is 12.1 Å². The number of halogens is 3. The number of hydrogen-bond acceptors (Lipinski definition) is 4. The molecule has 0 saturated heterocycles. The fourth-order valence-electron chi connectivity index (χ4n) is 2.02. The van der Waals surface area contributed by atoms with E-state index in [0.717, 1.165) is 0 Å². The Morgan fingerprint density at radius 3 is 2.40 bits per heavy atom. The van der Waals surface area contributed by atoms with Crippen LogP contribution in [0.5, 0.6) is 0 Å². The van der Waals surface area contributed by atoms with Gasteiger partial charge in [-0.15, -0.1) is 11.3 Å². The summed E-state index contributed by atoms with van der Waals surface area (Å²) in [5.74, 6) is -1.45. The highest BCUT2D eigenvalue weighted by atomic mass is 32.1. The Morgan fingerprint density at radius 1 is 1.16 bits per heavy atom. The minimum absolute atomic E-state index is 0.0271. The number of amides is 1. The zero-order valence-corrected chi connectivity index (χ0v) is 13.8. The maximum absolute atomic E-state index is 12.2. The number of benzene rings is 1. The fraction of sp³-hybridized carbons (Fsp3) is 0.312. The molecule has 134 valence electrons. The summed E-state index contributed by atoms with van der Waals surface area (Å²) in [5, 5.41) is 13.5. The number of carboxylic acids is 1. The molecule has 0 fully saturated rings. The summed E-state index contributed by atoms with van der Waals surface area (Å²) in [6.45, 7) is 0.279. The lowest BCUT2D eigenvalue weighted by Gasteiger charge is -2.07. The Hall–Kier alpha value is -2.42. The predicted octanol–water partition coefficient (Wildman–Crippen LogP) is 3.31. The summed E-state index contributed by atoms with van der Waals surface area (Å²) < 4.78 is 36.5. The van der Waals surface area contributed by atoms with E-state index in [1.165, 1.54) is 41.0 Å². The standard InChI is InChI=1S/C16H15F3N2O3S/c17-16(18,19)7-5-10-1-3-11(4-2-10)14(22)20-8-6-13-21-12(9-25-13)15(23)24/h1-4,9H,5-8H2,(H,20,22)(H,23,24). The highest BCUT2D eigenvalue weighted by molar-refractivity contribution is 7.09. The Bertz CT molecular complexity index is 742. The van der Waals surface area contributed by atoms with E-state index in [4.69, 9.17) is 5.11 Å². The molecular weight excluding hydrogens is 357 g/mol. The number of nitrogens with one attached hydrogen (secondary N) is 1. The number of carbonyl (C=O) groups excluding carboxylic acids is 1. The number of nitrogens with zero attached hydrogens (tertiary/aromatic N) is 1. The van der Waals surface area contributed by atoms with Gasteiger partial charge in [0.15, 0.2) is 5.69 Å². The molecule has 25 heavy (non-hydrogen) atoms. The third-order valence-corrected chi connectivity index (χ3v) is 4.22. The van der Waals surface area contributed by atoms with E-state index >= 15 is 0 Å². The van der Waals surface area contributed by atoms with Gasteiger partial charge in [0.1, 0.15) is 0 Å². The quantitative estimate of drug-likeness (QED) is 0.782. The van der Waals surface area contributed by atoms with Gasteiger partial charge in [-0.05, 0) is 24.1 Å². The van der Waals surface area contributed by atoms with Crippen LogP contribution in [0.3, 0.4) is 0 Å². The summed E-state index contributed by atoms with van der Waals surface area (Å²) in [5.41, 5.74) is 0.833. The van der Waals surface area contributed by atoms with Gasteiger partial charge in [0.2, 0.25) is 0 Å². The van der Waals surface area contributed by atoms with Crippen molar-refractivity contribution in [3.05, 3.63) is 51.5 Å². The van der Waals surface area contributed by atoms with Gasteiger partial charge in [-0.2, -0.15) is 13.2 Å². The summed E-state index contributed by atoms with van der Waals surface area (Å²) in [7, 11) is 0. The summed E-state index contributed by atoms with van der Waals surface area (Å²) in [6, 6.07) is 5.96. The van der Waals surface area contributed by atoms with Gasteiger partial charge in [0, 0.05) is 30.3 Å². The smallest absolute Gasteiger partial charge is 0.389 e. The molecule has 2 aromatic rings. The maximum atomic E-state index is 12.2. The molecule has 5 nitrogen and oxygen atoms in total. The number of thiazole rings is 1. The van der Waals surface area contributed by atoms with Crippen molar-refractivity contribution >= 4 is 23.2 Å². The van der Waals surface area contributed by atoms with Crippen molar-refractivity contribution in [2.24, 2.45) is 0 Å². The molecule has 0 bridgehead atoms. The lowest BCUT2D eigenvalue weighted by atomic mass is 10.1. The number of rotatable bonds is 7. The molecule has 0 saturated carbocycles. The Morgan fingerprint density at radius 2 is 1.84 bits per heavy atom. The lowest BCUT2D eigenvalue weighted by molar-refractivity contribution is -0.134. The lowest BCUT2D eigenvalue weighted by Crippen LogP contribution is -2.25. The van der Waals surface area contributed by atoms with Crippen LogP contribution >= 0.6 is 11.3 Å². The molecule has 0 aliphatic carbocycles. The normalized spacial score (nSPS) is 11.3. The van der Waals surface area contributed by atoms with Crippen molar-refractivity contribution in [1.29, 1.82) is 0 Å². The van der Waals surface area contributed by atoms with E-state index < -0.39 is 18.6 Å². The molecule has 2 rings (SSSR count). The third-order valence-electron chi connectivity index (χ3n) is 3.31. The molecule has 1 heterocycles. The number of carboxylic acid groups (broad SMARTS) is 1. The average molecular weight is 372 g/mol. The van der Waals surface area contributed by atoms with E-state index in [1.54, 1.807) is 0 Å². The van der Waals surface area contributed by atoms with Crippen molar-refractivity contribution in [2.45, 2.75) is 25.4 Å². The zero-order valence-electron chi connectivity index (χ0n) is 13.0. The fourth-order valence-corrected chi connectivity index (χ4v) is 2.79. The summed E-state index contributed by atoms with van der Waals surface area (Å²) in [6.07, 6.45) is -4.83. The zero-order chi connectivity index (χ0) is 18.4. The molecule has 0 aliphatic rings. The van der Waals surface area contributed by atoms with Crippen molar-refractivity contribution < 1.29 is 27.9 Å². The largest absolute Gasteiger partial charge is 0.476 e. The van der Waals surface area contributed by atoms with Gasteiger partial charge in [-0.25, -0.2) is 9.78 Å². The second kappa shape index (κ2) is 8.11. The number of aryl methyl sites for hydroxylation is 1. The topological polar surface area (TPSA) is 79.3 Å². The van der Waals surface area contributed by atoms with Gasteiger partial charge in [-0.3, -0.25) is 4.79 Å². The highest BCUT2D eigenvalue weighted by Gasteiger charge is 2.26. The van der Waals surface area contributed by atoms with Crippen molar-refractivity contribution in [2.75, 3.05) is 6.54 Å². The first-order valence-electron chi connectivity index (χ1n) is 7.36. The number of carbonyl (C=O) groups is 2. The number of hydrogen-bond donors (Lipinski definition) is 2. The molecule has 1 aromatic heterocycles. The molecular formula is C16H15F3N2O3S. The van der Waals surface area contributed by atoms with Gasteiger partial charge in [0.05, 0.1) is 5.01 Å². The monoisotopic (exact) mass is 372 g/mol. The minimum atomic E-state index is -4.20. The molecule has 9 heteroatoms. The van der Waals surface area contributed by atoms with Crippen LogP contribution in [0.1, 0.15) is 37.8 Å². The van der Waals surface area contributed by atoms with Crippen LogP contribution < -0.4 is 5.32 Å². The van der Waals surface area contributed by atoms with Gasteiger partial charge in [0.25, 0.3) is 5.91 Å². The Balaban J connectivity index is 1.81. The molecule has 0 unspecified atom stereocenters. The summed E-state index contributed by atoms with van der Waals surface area (Å²) >= 11 is 1.20. The Labute approximate surface area is 145 Å². The maximum Gasteiger partial charge on any atom is 0.389 e. The number of aromatic carboxylic acids is 1. The molecule has 2 N–H and O–H groups in total. The van der Waals surface area contributed by atoms with E-state index in [9.17, 15) is 22.8 Å². The van der Waals surface area contributed by atoms with E-state index in [-0.39, 0.29) is 24.6 Å². The first-order chi connectivity index (χ1) is 11.7. The van der Waals surface area contributed by atoms with Crippen LogP contribution in [-0.2, 0) is 12.8 Å². The second-order valence-electron chi connectivity index (χ2n) is 5.25. The Kier molecular flexibility index (Phi) is 6.13. The second-order valence-corrected chi connectivity index (χ2v) is 6.19. The van der Waals surface area contributed by atoms with Crippen LogP contribution in [0, 0.1) is 0 Å². The molecule has 0 aliphatic heterocycles. The van der Waals surface area contributed by atoms with Crippen LogP contribution in [-0.4, -0.2) is 34.7 Å². The SMILES string of the molecule is O=C(NCCc1nc(C(=O)O)cs1)c1ccc(CCC(F)(F)F)cc1. The first kappa shape index (κ1) is 18.9. The third kappa shape index (κ3) is 6.18. The average Bonchev–Trinajstić information content (AvgIpc) is 3.02. The van der Waals surface area contributed by atoms with E-state index in [0.29, 0.717) is 22.6 Å². The van der Waals surface area contributed by atoms with Gasteiger partial charge >= 0.3 is 12.1 Å². The van der Waals surface area contributed by atoms with E-state index in [2.05, 4.69) is 10.3 Å². The van der Waals surface area contributed by atoms with Crippen LogP contribution in [0.15, 0.2) is 29.6 Å². The molecule has 0 radical (unpaired) electrons. The summed E-state index contributed by atoms with van der Waals surface area (Å²) in [4.78, 5) is 26.6. The molecule has 0 spiro atoms. The predicted molar refractivity (Wildman–Crippen MR) is 85.9 cm³/mol. The van der Waals surface area contributed by atoms with Crippen LogP contribution in [0.25, 0.3) is 0 Å². The van der Waals surface area contributed by atoms with Crippen molar-refractivity contribution in [3.8, 4) is 0 Å². The van der Waals surface area contributed by atoms with Crippen molar-refractivity contribution in [1.82, 2.24) is 10.3 Å². The minimum Gasteiger partial charge on any atom is -0.476 e. The number of aromatic nitrogens is 1. The highest BCUT2D eigenvalue weighted by Crippen LogP contribution is 2.22. The number of alkyl halides is 3. The molecule has 1 aromatic carbocycles. The van der Waals surface area contributed by atoms with Gasteiger partial charge < -0.3 is 10.4 Å². The first-order valence-corrected chi connectivity index (χ1v) is 8.24.